The third-order valence-corrected chi connectivity index (χ3v) is 4.70. The minimum absolute atomic E-state index is 0.0604. The number of likely N-dealkylation sites (tertiary alicyclic amines) is 1. The fourth-order valence-corrected chi connectivity index (χ4v) is 3.38. The van der Waals surface area contributed by atoms with Crippen LogP contribution in [-0.4, -0.2) is 40.1 Å². The summed E-state index contributed by atoms with van der Waals surface area (Å²) in [7, 11) is 0. The fraction of sp³-hybridized carbons (Fsp3) is 0.471. The first-order valence-electron chi connectivity index (χ1n) is 8.14. The van der Waals surface area contributed by atoms with Gasteiger partial charge in [0.1, 0.15) is 5.75 Å². The molecule has 2 heterocycles. The molecule has 2 aromatic rings. The second-order valence-corrected chi connectivity index (χ2v) is 6.98. The summed E-state index contributed by atoms with van der Waals surface area (Å²) in [4.78, 5) is 18.8. The zero-order valence-electron chi connectivity index (χ0n) is 14.0. The first kappa shape index (κ1) is 18.0. The van der Waals surface area contributed by atoms with Gasteiger partial charge in [-0.2, -0.15) is 4.98 Å². The molecule has 1 saturated heterocycles. The highest BCUT2D eigenvalue weighted by molar-refractivity contribution is 6.35. The van der Waals surface area contributed by atoms with E-state index in [1.165, 1.54) is 0 Å². The van der Waals surface area contributed by atoms with E-state index in [1.807, 2.05) is 0 Å². The number of carbonyl (C=O) groups excluding carboxylic acids is 1. The molecule has 0 saturated carbocycles. The van der Waals surface area contributed by atoms with Crippen molar-refractivity contribution in [3.63, 3.8) is 0 Å². The van der Waals surface area contributed by atoms with Crippen LogP contribution >= 0.6 is 23.2 Å². The van der Waals surface area contributed by atoms with Gasteiger partial charge < -0.3 is 14.2 Å². The smallest absolute Gasteiger partial charge is 0.263 e. The van der Waals surface area contributed by atoms with E-state index in [9.17, 15) is 4.79 Å². The molecule has 25 heavy (non-hydrogen) atoms. The Morgan fingerprint density at radius 2 is 2.24 bits per heavy atom. The van der Waals surface area contributed by atoms with E-state index in [0.717, 1.165) is 12.8 Å². The molecular weight excluding hydrogens is 365 g/mol. The number of piperidine rings is 1. The summed E-state index contributed by atoms with van der Waals surface area (Å²) in [6.07, 6.45) is 1.15. The van der Waals surface area contributed by atoms with Crippen molar-refractivity contribution >= 4 is 29.1 Å². The summed E-state index contributed by atoms with van der Waals surface area (Å²) in [6, 6.07) is 4.92. The maximum Gasteiger partial charge on any atom is 0.263 e. The van der Waals surface area contributed by atoms with Crippen LogP contribution in [0, 0.1) is 6.92 Å². The normalized spacial score (nSPS) is 18.9. The van der Waals surface area contributed by atoms with Crippen LogP contribution in [0.3, 0.4) is 0 Å². The number of hydrogen-bond donors (Lipinski definition) is 0. The summed E-state index contributed by atoms with van der Waals surface area (Å²) < 4.78 is 11.0. The Morgan fingerprint density at radius 1 is 1.44 bits per heavy atom. The lowest BCUT2D eigenvalue weighted by Crippen LogP contribution is -2.45. The van der Waals surface area contributed by atoms with Crippen molar-refractivity contribution in [1.82, 2.24) is 15.0 Å². The third kappa shape index (κ3) is 4.25. The van der Waals surface area contributed by atoms with E-state index < -0.39 is 6.10 Å². The first-order valence-corrected chi connectivity index (χ1v) is 8.90. The van der Waals surface area contributed by atoms with E-state index >= 15 is 0 Å². The van der Waals surface area contributed by atoms with Gasteiger partial charge in [0, 0.05) is 18.1 Å². The number of aromatic nitrogens is 2. The molecule has 3 rings (SSSR count). The van der Waals surface area contributed by atoms with Crippen molar-refractivity contribution in [2.45, 2.75) is 38.7 Å². The Bertz CT molecular complexity index is 765. The summed E-state index contributed by atoms with van der Waals surface area (Å²) in [5, 5.41) is 4.73. The van der Waals surface area contributed by atoms with Crippen molar-refractivity contribution < 1.29 is 14.1 Å². The van der Waals surface area contributed by atoms with Crippen molar-refractivity contribution in [2.24, 2.45) is 0 Å². The topological polar surface area (TPSA) is 68.5 Å². The Labute approximate surface area is 156 Å². The number of hydrogen-bond acceptors (Lipinski definition) is 5. The molecule has 0 N–H and O–H groups in total. The van der Waals surface area contributed by atoms with Crippen LogP contribution in [0.4, 0.5) is 0 Å². The molecular formula is C17H19Cl2N3O3. The average Bonchev–Trinajstić information content (AvgIpc) is 3.03. The third-order valence-electron chi connectivity index (χ3n) is 4.17. The highest BCUT2D eigenvalue weighted by atomic mass is 35.5. The van der Waals surface area contributed by atoms with Crippen LogP contribution in [0.2, 0.25) is 10.0 Å². The molecule has 0 aliphatic carbocycles. The van der Waals surface area contributed by atoms with E-state index in [-0.39, 0.29) is 11.8 Å². The van der Waals surface area contributed by atoms with Gasteiger partial charge in [0.15, 0.2) is 11.9 Å². The minimum atomic E-state index is -0.651. The minimum Gasteiger partial charge on any atom is -0.479 e. The van der Waals surface area contributed by atoms with Crippen molar-refractivity contribution in [3.05, 3.63) is 40.0 Å². The molecule has 1 amide bonds. The molecule has 0 radical (unpaired) electrons. The summed E-state index contributed by atoms with van der Waals surface area (Å²) in [5.74, 6) is 1.60. The maximum absolute atomic E-state index is 12.7. The van der Waals surface area contributed by atoms with Crippen LogP contribution < -0.4 is 4.74 Å². The maximum atomic E-state index is 12.7. The molecule has 134 valence electrons. The number of benzene rings is 1. The molecule has 1 aromatic carbocycles. The van der Waals surface area contributed by atoms with E-state index in [2.05, 4.69) is 10.1 Å². The van der Waals surface area contributed by atoms with Crippen LogP contribution in [0.1, 0.15) is 37.4 Å². The van der Waals surface area contributed by atoms with Crippen LogP contribution in [0.25, 0.3) is 0 Å². The van der Waals surface area contributed by atoms with Crippen LogP contribution in [0.5, 0.6) is 5.75 Å². The molecule has 1 fully saturated rings. The second kappa shape index (κ2) is 7.62. The summed E-state index contributed by atoms with van der Waals surface area (Å²) in [5.41, 5.74) is 0. The quantitative estimate of drug-likeness (QED) is 0.801. The number of carbonyl (C=O) groups is 1. The number of rotatable bonds is 4. The van der Waals surface area contributed by atoms with Gasteiger partial charge in [-0.1, -0.05) is 28.4 Å². The largest absolute Gasteiger partial charge is 0.479 e. The SMILES string of the molecule is Cc1noc(C2CCCN(C(=O)C(C)Oc3ccc(Cl)cc3Cl)C2)n1. The lowest BCUT2D eigenvalue weighted by molar-refractivity contribution is -0.139. The summed E-state index contributed by atoms with van der Waals surface area (Å²) in [6.45, 7) is 4.73. The van der Waals surface area contributed by atoms with Gasteiger partial charge >= 0.3 is 0 Å². The highest BCUT2D eigenvalue weighted by Gasteiger charge is 2.31. The van der Waals surface area contributed by atoms with Gasteiger partial charge in [-0.15, -0.1) is 0 Å². The predicted octanol–water partition coefficient (Wildman–Crippen LogP) is 3.86. The van der Waals surface area contributed by atoms with Gasteiger partial charge in [-0.3, -0.25) is 4.79 Å². The lowest BCUT2D eigenvalue weighted by Gasteiger charge is -2.32. The fourth-order valence-electron chi connectivity index (χ4n) is 2.93. The molecule has 1 aliphatic heterocycles. The number of nitrogens with zero attached hydrogens (tertiary/aromatic N) is 3. The first-order chi connectivity index (χ1) is 11.9. The van der Waals surface area contributed by atoms with Crippen molar-refractivity contribution in [3.8, 4) is 5.75 Å². The van der Waals surface area contributed by atoms with Gasteiger partial charge in [-0.05, 0) is 44.9 Å². The van der Waals surface area contributed by atoms with E-state index in [0.29, 0.717) is 40.6 Å². The molecule has 0 bridgehead atoms. The van der Waals surface area contributed by atoms with Crippen molar-refractivity contribution in [2.75, 3.05) is 13.1 Å². The van der Waals surface area contributed by atoms with E-state index in [1.54, 1.807) is 36.9 Å². The number of aryl methyl sites for hydroxylation is 1. The molecule has 1 aromatic heterocycles. The van der Waals surface area contributed by atoms with Gasteiger partial charge in [0.05, 0.1) is 10.9 Å². The zero-order valence-corrected chi connectivity index (χ0v) is 15.5. The molecule has 1 aliphatic rings. The van der Waals surface area contributed by atoms with Gasteiger partial charge in [-0.25, -0.2) is 0 Å². The van der Waals surface area contributed by atoms with Gasteiger partial charge in [0.25, 0.3) is 5.91 Å². The predicted molar refractivity (Wildman–Crippen MR) is 94.1 cm³/mol. The lowest BCUT2D eigenvalue weighted by atomic mass is 9.97. The molecule has 0 spiro atoms. The Morgan fingerprint density at radius 3 is 2.92 bits per heavy atom. The standard InChI is InChI=1S/C17H19Cl2N3O3/c1-10(24-15-6-5-13(18)8-14(15)19)17(23)22-7-3-4-12(9-22)16-20-11(2)21-25-16/h5-6,8,10,12H,3-4,7,9H2,1-2H3. The van der Waals surface area contributed by atoms with Gasteiger partial charge in [0.2, 0.25) is 5.89 Å². The molecule has 2 unspecified atom stereocenters. The van der Waals surface area contributed by atoms with Crippen LogP contribution in [-0.2, 0) is 4.79 Å². The Balaban J connectivity index is 1.65. The van der Waals surface area contributed by atoms with Crippen molar-refractivity contribution in [1.29, 1.82) is 0 Å². The Hall–Kier alpha value is -1.79. The number of halogens is 2. The zero-order chi connectivity index (χ0) is 18.0. The van der Waals surface area contributed by atoms with Crippen LogP contribution in [0.15, 0.2) is 22.7 Å². The Kier molecular flexibility index (Phi) is 5.49. The summed E-state index contributed by atoms with van der Waals surface area (Å²) >= 11 is 12.0. The highest BCUT2D eigenvalue weighted by Crippen LogP contribution is 2.30. The average molecular weight is 384 g/mol. The number of ether oxygens (including phenoxy) is 1. The number of amides is 1. The molecule has 8 heteroatoms. The molecule has 6 nitrogen and oxygen atoms in total. The molecule has 2 atom stereocenters. The van der Waals surface area contributed by atoms with E-state index in [4.69, 9.17) is 32.5 Å². The monoisotopic (exact) mass is 383 g/mol. The second-order valence-electron chi connectivity index (χ2n) is 6.14.